The van der Waals surface area contributed by atoms with Crippen LogP contribution in [-0.4, -0.2) is 34.5 Å². The number of Topliss-reactive ketones (excluding diaryl/α,β-unsaturated/α-hetero) is 1. The van der Waals surface area contributed by atoms with Gasteiger partial charge in [-0.15, -0.1) is 0 Å². The highest BCUT2D eigenvalue weighted by Crippen LogP contribution is 2.41. The van der Waals surface area contributed by atoms with Crippen LogP contribution in [0.3, 0.4) is 0 Å². The summed E-state index contributed by atoms with van der Waals surface area (Å²) >= 11 is 0. The first kappa shape index (κ1) is 20.5. The number of hydrogen-bond donors (Lipinski definition) is 0. The molecule has 3 rings (SSSR count). The van der Waals surface area contributed by atoms with Crippen LogP contribution in [0.2, 0.25) is 0 Å². The summed E-state index contributed by atoms with van der Waals surface area (Å²) in [5.41, 5.74) is -2.12. The molecule has 0 radical (unpaired) electrons. The zero-order valence-corrected chi connectivity index (χ0v) is 15.6. The molecule has 2 aliphatic heterocycles. The molecular formula is C19H20F5NO3. The van der Waals surface area contributed by atoms with E-state index in [0.29, 0.717) is 12.8 Å². The molecule has 154 valence electrons. The molecule has 9 heteroatoms. The summed E-state index contributed by atoms with van der Waals surface area (Å²) in [6.45, 7) is 5.14. The predicted molar refractivity (Wildman–Crippen MR) is 88.2 cm³/mol. The second-order valence-corrected chi connectivity index (χ2v) is 8.25. The van der Waals surface area contributed by atoms with Crippen molar-refractivity contribution < 1.29 is 36.3 Å². The second-order valence-electron chi connectivity index (χ2n) is 8.25. The number of hydrogen-bond acceptors (Lipinski definition) is 3. The summed E-state index contributed by atoms with van der Waals surface area (Å²) in [6, 6.07) is -0.771. The topological polar surface area (TPSA) is 46.6 Å². The van der Waals surface area contributed by atoms with Crippen molar-refractivity contribution in [2.45, 2.75) is 64.1 Å². The van der Waals surface area contributed by atoms with E-state index in [0.717, 1.165) is 0 Å². The van der Waals surface area contributed by atoms with Gasteiger partial charge in [-0.25, -0.2) is 26.7 Å². The molecule has 2 saturated heterocycles. The van der Waals surface area contributed by atoms with Crippen LogP contribution in [0.1, 0.15) is 56.8 Å². The quantitative estimate of drug-likeness (QED) is 0.309. The van der Waals surface area contributed by atoms with Crippen molar-refractivity contribution in [3.63, 3.8) is 0 Å². The fourth-order valence-electron chi connectivity index (χ4n) is 4.03. The number of rotatable bonds is 2. The number of amides is 1. The van der Waals surface area contributed by atoms with Gasteiger partial charge in [0, 0.05) is 18.0 Å². The van der Waals surface area contributed by atoms with Crippen molar-refractivity contribution >= 4 is 11.9 Å². The number of carbonyl (C=O) groups is 2. The zero-order valence-electron chi connectivity index (χ0n) is 15.6. The highest BCUT2D eigenvalue weighted by molar-refractivity contribution is 5.98. The summed E-state index contributed by atoms with van der Waals surface area (Å²) in [4.78, 5) is 26.5. The van der Waals surface area contributed by atoms with Gasteiger partial charge in [-0.1, -0.05) is 0 Å². The molecule has 0 aliphatic carbocycles. The first-order chi connectivity index (χ1) is 12.9. The number of benzene rings is 1. The van der Waals surface area contributed by atoms with E-state index in [1.807, 2.05) is 0 Å². The molecule has 28 heavy (non-hydrogen) atoms. The van der Waals surface area contributed by atoms with Gasteiger partial charge in [0.05, 0.1) is 5.56 Å². The van der Waals surface area contributed by atoms with Gasteiger partial charge in [0.2, 0.25) is 5.82 Å². The van der Waals surface area contributed by atoms with Gasteiger partial charge < -0.3 is 9.64 Å². The number of ketones is 1. The molecule has 2 aliphatic rings. The molecule has 0 spiro atoms. The lowest BCUT2D eigenvalue weighted by Crippen LogP contribution is -2.49. The average molecular weight is 405 g/mol. The van der Waals surface area contributed by atoms with Crippen molar-refractivity contribution in [2.75, 3.05) is 0 Å². The number of fused-ring (bicyclic) bond motifs is 2. The molecule has 1 aromatic rings. The smallest absolute Gasteiger partial charge is 0.410 e. The molecular weight excluding hydrogens is 385 g/mol. The maximum Gasteiger partial charge on any atom is 0.410 e. The zero-order chi connectivity index (χ0) is 21.0. The average Bonchev–Trinajstić information content (AvgIpc) is 2.87. The summed E-state index contributed by atoms with van der Waals surface area (Å²) in [5.74, 6) is -12.9. The number of nitrogens with zero attached hydrogens (tertiary/aromatic N) is 1. The fourth-order valence-corrected chi connectivity index (χ4v) is 4.03. The minimum Gasteiger partial charge on any atom is -0.444 e. The van der Waals surface area contributed by atoms with Gasteiger partial charge in [-0.2, -0.15) is 0 Å². The SMILES string of the molecule is CC(C)(C)OC(=O)N1C2CCC1CC(C(=O)c1c(F)c(F)c(F)c(F)c1F)C2. The highest BCUT2D eigenvalue weighted by atomic mass is 19.2. The van der Waals surface area contributed by atoms with Crippen LogP contribution in [0, 0.1) is 35.0 Å². The molecule has 0 aromatic heterocycles. The molecule has 2 unspecified atom stereocenters. The molecule has 1 aromatic carbocycles. The molecule has 4 nitrogen and oxygen atoms in total. The molecule has 2 heterocycles. The second kappa shape index (κ2) is 7.00. The summed E-state index contributed by atoms with van der Waals surface area (Å²) < 4.78 is 73.4. The van der Waals surface area contributed by atoms with Gasteiger partial charge in [-0.3, -0.25) is 4.79 Å². The third-order valence-corrected chi connectivity index (χ3v) is 5.16. The monoisotopic (exact) mass is 405 g/mol. The van der Waals surface area contributed by atoms with Gasteiger partial charge in [0.25, 0.3) is 0 Å². The van der Waals surface area contributed by atoms with E-state index >= 15 is 0 Å². The number of carbonyl (C=O) groups excluding carboxylic acids is 2. The third kappa shape index (κ3) is 3.46. The highest BCUT2D eigenvalue weighted by Gasteiger charge is 2.47. The molecule has 2 bridgehead atoms. The Morgan fingerprint density at radius 3 is 1.71 bits per heavy atom. The largest absolute Gasteiger partial charge is 0.444 e. The van der Waals surface area contributed by atoms with E-state index in [4.69, 9.17) is 4.74 Å². The van der Waals surface area contributed by atoms with Crippen LogP contribution in [-0.2, 0) is 4.74 Å². The summed E-state index contributed by atoms with van der Waals surface area (Å²) in [7, 11) is 0. The molecule has 0 N–H and O–H groups in total. The standard InChI is InChI=1S/C19H20F5NO3/c1-19(2,3)28-18(27)25-9-4-5-10(25)7-8(6-9)17(26)11-12(20)14(22)16(24)15(23)13(11)21/h8-10H,4-7H2,1-3H3. The third-order valence-electron chi connectivity index (χ3n) is 5.16. The van der Waals surface area contributed by atoms with Crippen molar-refractivity contribution in [1.82, 2.24) is 4.90 Å². The van der Waals surface area contributed by atoms with Crippen molar-refractivity contribution in [3.05, 3.63) is 34.6 Å². The first-order valence-electron chi connectivity index (χ1n) is 8.99. The summed E-state index contributed by atoms with van der Waals surface area (Å²) in [5, 5.41) is 0. The molecule has 2 atom stereocenters. The normalized spacial score (nSPS) is 24.4. The maximum atomic E-state index is 14.0. The lowest BCUT2D eigenvalue weighted by Gasteiger charge is -2.39. The van der Waals surface area contributed by atoms with Crippen LogP contribution in [0.5, 0.6) is 0 Å². The Morgan fingerprint density at radius 1 is 0.857 bits per heavy atom. The lowest BCUT2D eigenvalue weighted by molar-refractivity contribution is 0.00245. The van der Waals surface area contributed by atoms with Crippen LogP contribution in [0.15, 0.2) is 0 Å². The van der Waals surface area contributed by atoms with Gasteiger partial charge >= 0.3 is 6.09 Å². The Balaban J connectivity index is 1.84. The van der Waals surface area contributed by atoms with E-state index in [9.17, 15) is 31.5 Å². The number of ether oxygens (including phenoxy) is 1. The van der Waals surface area contributed by atoms with Crippen molar-refractivity contribution in [3.8, 4) is 0 Å². The Morgan fingerprint density at radius 2 is 1.29 bits per heavy atom. The van der Waals surface area contributed by atoms with Crippen molar-refractivity contribution in [2.24, 2.45) is 5.92 Å². The Kier molecular flexibility index (Phi) is 5.14. The van der Waals surface area contributed by atoms with Crippen LogP contribution in [0.4, 0.5) is 26.7 Å². The minimum atomic E-state index is -2.30. The lowest BCUT2D eigenvalue weighted by atomic mass is 9.84. The van der Waals surface area contributed by atoms with Gasteiger partial charge in [0.1, 0.15) is 5.60 Å². The minimum absolute atomic E-state index is 0.0775. The first-order valence-corrected chi connectivity index (χ1v) is 8.99. The summed E-state index contributed by atoms with van der Waals surface area (Å²) in [6.07, 6.45) is 0.764. The Labute approximate surface area is 158 Å². The molecule has 0 saturated carbocycles. The number of halogens is 5. The van der Waals surface area contributed by atoms with Gasteiger partial charge in [-0.05, 0) is 46.5 Å². The van der Waals surface area contributed by atoms with E-state index in [-0.39, 0.29) is 24.9 Å². The Hall–Kier alpha value is -2.19. The Bertz CT molecular complexity index is 793. The van der Waals surface area contributed by atoms with E-state index in [1.54, 1.807) is 20.8 Å². The van der Waals surface area contributed by atoms with Crippen LogP contribution in [0.25, 0.3) is 0 Å². The molecule has 2 fully saturated rings. The van der Waals surface area contributed by atoms with Crippen LogP contribution >= 0.6 is 0 Å². The predicted octanol–water partition coefficient (Wildman–Crippen LogP) is 4.74. The van der Waals surface area contributed by atoms with E-state index < -0.39 is 58.0 Å². The van der Waals surface area contributed by atoms with E-state index in [1.165, 1.54) is 4.90 Å². The van der Waals surface area contributed by atoms with Crippen molar-refractivity contribution in [1.29, 1.82) is 0 Å². The van der Waals surface area contributed by atoms with E-state index in [2.05, 4.69) is 0 Å². The fraction of sp³-hybridized carbons (Fsp3) is 0.579. The maximum absolute atomic E-state index is 14.0. The van der Waals surface area contributed by atoms with Crippen LogP contribution < -0.4 is 0 Å². The molecule has 1 amide bonds. The number of piperidine rings is 1. The van der Waals surface area contributed by atoms with Gasteiger partial charge in [0.15, 0.2) is 29.1 Å².